The van der Waals surface area contributed by atoms with E-state index in [9.17, 15) is 0 Å². The second-order valence-electron chi connectivity index (χ2n) is 5.42. The SMILES string of the molecule is CCCc1nc(NC)cc(Nc2ccccc2C(C)C)n1. The standard InChI is InChI=1S/C17H24N4/c1-5-8-15-20-16(18-4)11-17(21-15)19-14-10-7-6-9-13(14)12(2)3/h6-7,9-12H,5,8H2,1-4H3,(H2,18,19,20,21). The van der Waals surface area contributed by atoms with E-state index in [-0.39, 0.29) is 0 Å². The smallest absolute Gasteiger partial charge is 0.136 e. The van der Waals surface area contributed by atoms with Crippen LogP contribution in [-0.2, 0) is 6.42 Å². The maximum Gasteiger partial charge on any atom is 0.136 e. The van der Waals surface area contributed by atoms with Gasteiger partial charge in [-0.1, -0.05) is 39.0 Å². The lowest BCUT2D eigenvalue weighted by Crippen LogP contribution is -2.05. The van der Waals surface area contributed by atoms with Crippen molar-refractivity contribution in [1.29, 1.82) is 0 Å². The number of nitrogens with zero attached hydrogens (tertiary/aromatic N) is 2. The molecule has 0 aliphatic carbocycles. The number of hydrogen-bond donors (Lipinski definition) is 2. The fraction of sp³-hybridized carbons (Fsp3) is 0.412. The predicted octanol–water partition coefficient (Wildman–Crippen LogP) is 4.34. The van der Waals surface area contributed by atoms with Crippen molar-refractivity contribution < 1.29 is 0 Å². The molecule has 1 aromatic carbocycles. The molecule has 0 aliphatic rings. The molecule has 0 atom stereocenters. The number of para-hydroxylation sites is 1. The monoisotopic (exact) mass is 284 g/mol. The molecular weight excluding hydrogens is 260 g/mol. The van der Waals surface area contributed by atoms with Crippen LogP contribution >= 0.6 is 0 Å². The zero-order chi connectivity index (χ0) is 15.2. The van der Waals surface area contributed by atoms with Gasteiger partial charge in [0.1, 0.15) is 17.5 Å². The van der Waals surface area contributed by atoms with E-state index in [0.717, 1.165) is 36.0 Å². The Morgan fingerprint density at radius 3 is 2.48 bits per heavy atom. The van der Waals surface area contributed by atoms with Crippen LogP contribution in [0.1, 0.15) is 44.5 Å². The van der Waals surface area contributed by atoms with E-state index in [2.05, 4.69) is 59.6 Å². The number of benzene rings is 1. The molecule has 0 amide bonds. The predicted molar refractivity (Wildman–Crippen MR) is 89.4 cm³/mol. The highest BCUT2D eigenvalue weighted by molar-refractivity contribution is 5.63. The van der Waals surface area contributed by atoms with Crippen molar-refractivity contribution in [3.05, 3.63) is 41.7 Å². The lowest BCUT2D eigenvalue weighted by atomic mass is 10.0. The lowest BCUT2D eigenvalue weighted by Gasteiger charge is -2.15. The third-order valence-corrected chi connectivity index (χ3v) is 3.35. The summed E-state index contributed by atoms with van der Waals surface area (Å²) in [5.74, 6) is 3.02. The van der Waals surface area contributed by atoms with Gasteiger partial charge in [-0.25, -0.2) is 9.97 Å². The van der Waals surface area contributed by atoms with E-state index in [1.807, 2.05) is 19.2 Å². The van der Waals surface area contributed by atoms with Gasteiger partial charge in [0.2, 0.25) is 0 Å². The van der Waals surface area contributed by atoms with Gasteiger partial charge in [-0.3, -0.25) is 0 Å². The highest BCUT2D eigenvalue weighted by atomic mass is 15.1. The zero-order valence-electron chi connectivity index (χ0n) is 13.3. The first-order valence-corrected chi connectivity index (χ1v) is 7.55. The van der Waals surface area contributed by atoms with Crippen LogP contribution in [-0.4, -0.2) is 17.0 Å². The largest absolute Gasteiger partial charge is 0.373 e. The van der Waals surface area contributed by atoms with Crippen LogP contribution in [0, 0.1) is 0 Å². The van der Waals surface area contributed by atoms with Crippen molar-refractivity contribution in [2.75, 3.05) is 17.7 Å². The van der Waals surface area contributed by atoms with Crippen LogP contribution in [0.15, 0.2) is 30.3 Å². The van der Waals surface area contributed by atoms with Crippen LogP contribution in [0.2, 0.25) is 0 Å². The molecule has 2 rings (SSSR count). The maximum atomic E-state index is 4.60. The summed E-state index contributed by atoms with van der Waals surface area (Å²) in [5, 5.41) is 6.53. The number of nitrogens with one attached hydrogen (secondary N) is 2. The summed E-state index contributed by atoms with van der Waals surface area (Å²) in [6.45, 7) is 6.53. The minimum absolute atomic E-state index is 0.467. The summed E-state index contributed by atoms with van der Waals surface area (Å²) in [6.07, 6.45) is 1.92. The molecule has 1 heterocycles. The van der Waals surface area contributed by atoms with Gasteiger partial charge < -0.3 is 10.6 Å². The lowest BCUT2D eigenvalue weighted by molar-refractivity contribution is 0.837. The van der Waals surface area contributed by atoms with E-state index in [0.29, 0.717) is 5.92 Å². The number of aryl methyl sites for hydroxylation is 1. The molecule has 4 heteroatoms. The van der Waals surface area contributed by atoms with E-state index in [4.69, 9.17) is 0 Å². The second kappa shape index (κ2) is 7.07. The molecule has 0 bridgehead atoms. The normalized spacial score (nSPS) is 10.7. The summed E-state index contributed by atoms with van der Waals surface area (Å²) in [4.78, 5) is 9.08. The molecule has 0 fully saturated rings. The highest BCUT2D eigenvalue weighted by Gasteiger charge is 2.08. The van der Waals surface area contributed by atoms with Crippen LogP contribution in [0.5, 0.6) is 0 Å². The molecule has 0 saturated carbocycles. The Balaban J connectivity index is 2.32. The van der Waals surface area contributed by atoms with Crippen molar-refractivity contribution in [2.24, 2.45) is 0 Å². The Bertz CT molecular complexity index is 593. The summed E-state index contributed by atoms with van der Waals surface area (Å²) >= 11 is 0. The first-order valence-electron chi connectivity index (χ1n) is 7.55. The van der Waals surface area contributed by atoms with E-state index < -0.39 is 0 Å². The maximum absolute atomic E-state index is 4.60. The quantitative estimate of drug-likeness (QED) is 0.828. The van der Waals surface area contributed by atoms with Crippen molar-refractivity contribution in [1.82, 2.24) is 9.97 Å². The average Bonchev–Trinajstić information content (AvgIpc) is 2.47. The molecule has 0 radical (unpaired) electrons. The summed E-state index contributed by atoms with van der Waals surface area (Å²) in [5.41, 5.74) is 2.40. The third-order valence-electron chi connectivity index (χ3n) is 3.35. The Morgan fingerprint density at radius 1 is 1.10 bits per heavy atom. The van der Waals surface area contributed by atoms with Gasteiger partial charge in [-0.05, 0) is 24.0 Å². The fourth-order valence-electron chi connectivity index (χ4n) is 2.28. The zero-order valence-corrected chi connectivity index (χ0v) is 13.3. The summed E-state index contributed by atoms with van der Waals surface area (Å²) in [7, 11) is 1.88. The minimum atomic E-state index is 0.467. The number of rotatable bonds is 6. The molecule has 0 aliphatic heterocycles. The first-order chi connectivity index (χ1) is 10.1. The average molecular weight is 284 g/mol. The molecule has 112 valence electrons. The topological polar surface area (TPSA) is 49.8 Å². The van der Waals surface area contributed by atoms with Crippen molar-refractivity contribution in [3.63, 3.8) is 0 Å². The first kappa shape index (κ1) is 15.3. The summed E-state index contributed by atoms with van der Waals surface area (Å²) < 4.78 is 0. The van der Waals surface area contributed by atoms with Gasteiger partial charge in [0, 0.05) is 25.2 Å². The van der Waals surface area contributed by atoms with Gasteiger partial charge in [-0.15, -0.1) is 0 Å². The van der Waals surface area contributed by atoms with Crippen LogP contribution in [0.4, 0.5) is 17.3 Å². The van der Waals surface area contributed by atoms with Crippen LogP contribution in [0.25, 0.3) is 0 Å². The third kappa shape index (κ3) is 3.94. The van der Waals surface area contributed by atoms with Gasteiger partial charge >= 0.3 is 0 Å². The molecule has 2 N–H and O–H groups in total. The molecule has 2 aromatic rings. The Hall–Kier alpha value is -2.10. The molecule has 1 aromatic heterocycles. The molecule has 0 saturated heterocycles. The van der Waals surface area contributed by atoms with E-state index in [1.165, 1.54) is 5.56 Å². The highest BCUT2D eigenvalue weighted by Crippen LogP contribution is 2.26. The van der Waals surface area contributed by atoms with Crippen molar-refractivity contribution >= 4 is 17.3 Å². The Morgan fingerprint density at radius 2 is 1.81 bits per heavy atom. The van der Waals surface area contributed by atoms with Gasteiger partial charge in [-0.2, -0.15) is 0 Å². The van der Waals surface area contributed by atoms with Crippen LogP contribution in [0.3, 0.4) is 0 Å². The van der Waals surface area contributed by atoms with Gasteiger partial charge in [0.05, 0.1) is 0 Å². The summed E-state index contributed by atoms with van der Waals surface area (Å²) in [6, 6.07) is 10.3. The molecular formula is C17H24N4. The van der Waals surface area contributed by atoms with Gasteiger partial charge in [0.25, 0.3) is 0 Å². The Kier molecular flexibility index (Phi) is 5.14. The number of hydrogen-bond acceptors (Lipinski definition) is 4. The van der Waals surface area contributed by atoms with Crippen molar-refractivity contribution in [3.8, 4) is 0 Å². The second-order valence-corrected chi connectivity index (χ2v) is 5.42. The number of anilines is 3. The molecule has 21 heavy (non-hydrogen) atoms. The van der Waals surface area contributed by atoms with Crippen LogP contribution < -0.4 is 10.6 Å². The van der Waals surface area contributed by atoms with E-state index in [1.54, 1.807) is 0 Å². The van der Waals surface area contributed by atoms with Crippen molar-refractivity contribution in [2.45, 2.75) is 39.5 Å². The van der Waals surface area contributed by atoms with E-state index >= 15 is 0 Å². The number of aromatic nitrogens is 2. The fourth-order valence-corrected chi connectivity index (χ4v) is 2.28. The minimum Gasteiger partial charge on any atom is -0.373 e. The van der Waals surface area contributed by atoms with Gasteiger partial charge in [0.15, 0.2) is 0 Å². The molecule has 4 nitrogen and oxygen atoms in total. The Labute approximate surface area is 127 Å². The molecule has 0 spiro atoms. The molecule has 0 unspecified atom stereocenters.